The number of amides is 1. The molecule has 1 N–H and O–H groups in total. The molecule has 0 aliphatic carbocycles. The van der Waals surface area contributed by atoms with E-state index in [0.717, 1.165) is 12.8 Å². The number of aromatic amines is 1. The molecule has 5 nitrogen and oxygen atoms in total. The van der Waals surface area contributed by atoms with Gasteiger partial charge in [-0.1, -0.05) is 31.2 Å². The number of fused-ring (bicyclic) bond motifs is 2. The average molecular weight is 374 g/mol. The Labute approximate surface area is 163 Å². The summed E-state index contributed by atoms with van der Waals surface area (Å²) in [6, 6.07) is 11.8. The zero-order valence-corrected chi connectivity index (χ0v) is 15.8. The third kappa shape index (κ3) is 2.74. The molecule has 0 atom stereocenters. The summed E-state index contributed by atoms with van der Waals surface area (Å²) in [5, 5.41) is 1.26. The second-order valence-electron chi connectivity index (χ2n) is 7.19. The summed E-state index contributed by atoms with van der Waals surface area (Å²) in [6.45, 7) is 3.71. The van der Waals surface area contributed by atoms with E-state index in [2.05, 4.69) is 42.4 Å². The first-order chi connectivity index (χ1) is 13.7. The van der Waals surface area contributed by atoms with Gasteiger partial charge in [0, 0.05) is 41.3 Å². The molecule has 142 valence electrons. The molecule has 3 heterocycles. The molecule has 0 radical (unpaired) electrons. The number of benzene rings is 2. The smallest absolute Gasteiger partial charge is 0.254 e. The zero-order valence-electron chi connectivity index (χ0n) is 15.8. The lowest BCUT2D eigenvalue weighted by molar-refractivity contribution is 0.0772. The van der Waals surface area contributed by atoms with E-state index in [9.17, 15) is 4.79 Å². The lowest BCUT2D eigenvalue weighted by atomic mass is 9.97. The molecule has 0 saturated heterocycles. The van der Waals surface area contributed by atoms with E-state index in [1.807, 2.05) is 4.90 Å². The minimum atomic E-state index is 0.0285. The molecule has 1 aromatic heterocycles. The highest BCUT2D eigenvalue weighted by Gasteiger charge is 2.23. The van der Waals surface area contributed by atoms with Crippen LogP contribution in [0.5, 0.6) is 11.5 Å². The van der Waals surface area contributed by atoms with Crippen molar-refractivity contribution in [3.63, 3.8) is 0 Å². The monoisotopic (exact) mass is 374 g/mol. The van der Waals surface area contributed by atoms with Crippen LogP contribution in [-0.4, -0.2) is 35.7 Å². The Morgan fingerprint density at radius 3 is 2.89 bits per heavy atom. The van der Waals surface area contributed by atoms with Crippen molar-refractivity contribution in [1.82, 2.24) is 9.88 Å². The molecule has 0 unspecified atom stereocenters. The fraction of sp³-hybridized carbons (Fsp3) is 0.261. The van der Waals surface area contributed by atoms with Gasteiger partial charge in [-0.3, -0.25) is 4.79 Å². The van der Waals surface area contributed by atoms with Gasteiger partial charge < -0.3 is 19.4 Å². The second kappa shape index (κ2) is 6.75. The van der Waals surface area contributed by atoms with Crippen LogP contribution in [-0.2, 0) is 6.42 Å². The lowest BCUT2D eigenvalue weighted by Crippen LogP contribution is -2.34. The van der Waals surface area contributed by atoms with E-state index in [1.54, 1.807) is 18.2 Å². The molecule has 5 heteroatoms. The first-order valence-corrected chi connectivity index (χ1v) is 9.72. The maximum absolute atomic E-state index is 12.9. The topological polar surface area (TPSA) is 54.6 Å². The van der Waals surface area contributed by atoms with Gasteiger partial charge in [-0.05, 0) is 42.2 Å². The van der Waals surface area contributed by atoms with Gasteiger partial charge in [0.15, 0.2) is 11.5 Å². The number of hydrogen-bond acceptors (Lipinski definition) is 3. The first kappa shape index (κ1) is 16.9. The van der Waals surface area contributed by atoms with Gasteiger partial charge in [0.05, 0.1) is 0 Å². The van der Waals surface area contributed by atoms with E-state index in [1.165, 1.54) is 27.6 Å². The summed E-state index contributed by atoms with van der Waals surface area (Å²) in [4.78, 5) is 18.2. The number of rotatable bonds is 3. The van der Waals surface area contributed by atoms with Crippen molar-refractivity contribution >= 4 is 22.4 Å². The largest absolute Gasteiger partial charge is 0.454 e. The highest BCUT2D eigenvalue weighted by atomic mass is 16.7. The van der Waals surface area contributed by atoms with Crippen molar-refractivity contribution in [3.05, 3.63) is 65.4 Å². The number of H-pyrrole nitrogens is 1. The minimum absolute atomic E-state index is 0.0285. The van der Waals surface area contributed by atoms with Gasteiger partial charge in [0.25, 0.3) is 5.91 Å². The van der Waals surface area contributed by atoms with Crippen molar-refractivity contribution in [2.75, 3.05) is 19.9 Å². The molecule has 2 aliphatic rings. The van der Waals surface area contributed by atoms with Crippen LogP contribution in [0.25, 0.3) is 16.5 Å². The molecular formula is C23H22N2O3. The lowest BCUT2D eigenvalue weighted by Gasteiger charge is -2.26. The van der Waals surface area contributed by atoms with Gasteiger partial charge in [0.1, 0.15) is 0 Å². The number of aromatic nitrogens is 1. The molecule has 3 aromatic rings. The summed E-state index contributed by atoms with van der Waals surface area (Å²) in [7, 11) is 0. The maximum atomic E-state index is 12.9. The highest BCUT2D eigenvalue weighted by molar-refractivity contribution is 5.97. The van der Waals surface area contributed by atoms with Crippen LogP contribution < -0.4 is 9.47 Å². The second-order valence-corrected chi connectivity index (χ2v) is 7.19. The van der Waals surface area contributed by atoms with Crippen molar-refractivity contribution in [3.8, 4) is 11.5 Å². The molecule has 0 saturated carbocycles. The Balaban J connectivity index is 1.37. The molecule has 5 rings (SSSR count). The Kier molecular flexibility index (Phi) is 4.08. The van der Waals surface area contributed by atoms with Crippen LogP contribution in [0.15, 0.2) is 48.7 Å². The average Bonchev–Trinajstić information content (AvgIpc) is 3.39. The minimum Gasteiger partial charge on any atom is -0.454 e. The number of aryl methyl sites for hydroxylation is 1. The Morgan fingerprint density at radius 2 is 2.07 bits per heavy atom. The fourth-order valence-electron chi connectivity index (χ4n) is 4.09. The van der Waals surface area contributed by atoms with Gasteiger partial charge in [-0.2, -0.15) is 0 Å². The maximum Gasteiger partial charge on any atom is 0.254 e. The van der Waals surface area contributed by atoms with Gasteiger partial charge in [0.2, 0.25) is 6.79 Å². The Bertz CT molecular complexity index is 1100. The predicted molar refractivity (Wildman–Crippen MR) is 109 cm³/mol. The summed E-state index contributed by atoms with van der Waals surface area (Å²) >= 11 is 0. The quantitative estimate of drug-likeness (QED) is 0.740. The molecule has 0 fully saturated rings. The summed E-state index contributed by atoms with van der Waals surface area (Å²) < 4.78 is 10.7. The molecule has 1 amide bonds. The van der Waals surface area contributed by atoms with E-state index in [0.29, 0.717) is 30.2 Å². The number of carbonyl (C=O) groups is 1. The van der Waals surface area contributed by atoms with Gasteiger partial charge >= 0.3 is 0 Å². The first-order valence-electron chi connectivity index (χ1n) is 9.72. The fourth-order valence-corrected chi connectivity index (χ4v) is 4.09. The SMILES string of the molecule is CCc1cccc2c(C3=CCN(C(=O)c4ccc5c(c4)OCO5)CC3)c[nH]c12. The summed E-state index contributed by atoms with van der Waals surface area (Å²) in [6.07, 6.45) is 6.13. The summed E-state index contributed by atoms with van der Waals surface area (Å²) in [5.74, 6) is 1.37. The number of carbonyl (C=O) groups excluding carboxylic acids is 1. The number of nitrogens with zero attached hydrogens (tertiary/aromatic N) is 1. The third-order valence-corrected chi connectivity index (χ3v) is 5.64. The van der Waals surface area contributed by atoms with Crippen molar-refractivity contribution in [2.24, 2.45) is 0 Å². The van der Waals surface area contributed by atoms with Gasteiger partial charge in [-0.15, -0.1) is 0 Å². The van der Waals surface area contributed by atoms with E-state index in [-0.39, 0.29) is 12.7 Å². The normalized spacial score (nSPS) is 15.8. The standard InChI is InChI=1S/C23H22N2O3/c1-2-15-4-3-5-18-19(13-24-22(15)18)16-8-10-25(11-9-16)23(26)17-6-7-20-21(12-17)28-14-27-20/h3-8,12-13,24H,2,9-11,14H2,1H3. The summed E-state index contributed by atoms with van der Waals surface area (Å²) in [5.41, 5.74) is 5.75. The molecule has 2 aromatic carbocycles. The van der Waals surface area contributed by atoms with Crippen LogP contribution in [0.3, 0.4) is 0 Å². The molecule has 0 spiro atoms. The molecule has 0 bridgehead atoms. The zero-order chi connectivity index (χ0) is 19.1. The number of ether oxygens (including phenoxy) is 2. The number of para-hydroxylation sites is 1. The van der Waals surface area contributed by atoms with Crippen LogP contribution >= 0.6 is 0 Å². The predicted octanol–water partition coefficient (Wildman–Crippen LogP) is 4.39. The number of nitrogens with one attached hydrogen (secondary N) is 1. The highest BCUT2D eigenvalue weighted by Crippen LogP contribution is 2.34. The van der Waals surface area contributed by atoms with Crippen LogP contribution in [0, 0.1) is 0 Å². The van der Waals surface area contributed by atoms with Crippen LogP contribution in [0.2, 0.25) is 0 Å². The molecule has 28 heavy (non-hydrogen) atoms. The molecule has 2 aliphatic heterocycles. The Hall–Kier alpha value is -3.21. The number of hydrogen-bond donors (Lipinski definition) is 1. The van der Waals surface area contributed by atoms with Crippen LogP contribution in [0.1, 0.15) is 34.8 Å². The van der Waals surface area contributed by atoms with Crippen LogP contribution in [0.4, 0.5) is 0 Å². The Morgan fingerprint density at radius 1 is 1.18 bits per heavy atom. The van der Waals surface area contributed by atoms with Gasteiger partial charge in [-0.25, -0.2) is 0 Å². The van der Waals surface area contributed by atoms with E-state index >= 15 is 0 Å². The molecular weight excluding hydrogens is 352 g/mol. The third-order valence-electron chi connectivity index (χ3n) is 5.64. The van der Waals surface area contributed by atoms with Crippen molar-refractivity contribution in [1.29, 1.82) is 0 Å². The van der Waals surface area contributed by atoms with E-state index < -0.39 is 0 Å². The van der Waals surface area contributed by atoms with Crippen molar-refractivity contribution in [2.45, 2.75) is 19.8 Å². The van der Waals surface area contributed by atoms with Crippen molar-refractivity contribution < 1.29 is 14.3 Å². The van der Waals surface area contributed by atoms with E-state index in [4.69, 9.17) is 9.47 Å².